The molecule has 1 saturated heterocycles. The van der Waals surface area contributed by atoms with Crippen molar-refractivity contribution in [2.24, 2.45) is 0 Å². The van der Waals surface area contributed by atoms with Crippen molar-refractivity contribution in [3.8, 4) is 0 Å². The molecule has 1 heterocycles. The summed E-state index contributed by atoms with van der Waals surface area (Å²) in [7, 11) is 0. The molecule has 1 aliphatic heterocycles. The van der Waals surface area contributed by atoms with E-state index in [9.17, 15) is 4.79 Å². The highest BCUT2D eigenvalue weighted by atomic mass is 79.9. The second kappa shape index (κ2) is 6.73. The minimum atomic E-state index is -0.893. The van der Waals surface area contributed by atoms with Crippen molar-refractivity contribution in [1.29, 1.82) is 0 Å². The van der Waals surface area contributed by atoms with Gasteiger partial charge in [-0.25, -0.2) is 4.79 Å². The van der Waals surface area contributed by atoms with Crippen LogP contribution in [0.2, 0.25) is 0 Å². The van der Waals surface area contributed by atoms with Crippen molar-refractivity contribution in [2.75, 3.05) is 29.1 Å². The average molecular weight is 348 g/mol. The van der Waals surface area contributed by atoms with Gasteiger partial charge in [-0.15, -0.1) is 0 Å². The summed E-state index contributed by atoms with van der Waals surface area (Å²) >= 11 is 7.29. The Morgan fingerprint density at radius 2 is 2.33 bits per heavy atom. The number of halogens is 1. The maximum atomic E-state index is 11.1. The summed E-state index contributed by atoms with van der Waals surface area (Å²) in [6, 6.07) is 5.20. The molecule has 1 fully saturated rings. The molecule has 0 bridgehead atoms. The summed E-state index contributed by atoms with van der Waals surface area (Å²) in [6.45, 7) is 0.814. The van der Waals surface area contributed by atoms with Crippen LogP contribution in [0, 0.1) is 0 Å². The second-order valence-electron chi connectivity index (χ2n) is 3.94. The van der Waals surface area contributed by atoms with Crippen molar-refractivity contribution >= 4 is 51.1 Å². The fourth-order valence-electron chi connectivity index (χ4n) is 1.73. The Balaban J connectivity index is 2.03. The van der Waals surface area contributed by atoms with E-state index in [1.807, 2.05) is 29.6 Å². The lowest BCUT2D eigenvalue weighted by molar-refractivity contribution is 0.0698. The second-order valence-corrected chi connectivity index (χ2v) is 7.42. The van der Waals surface area contributed by atoms with E-state index in [2.05, 4.69) is 21.2 Å². The van der Waals surface area contributed by atoms with Gasteiger partial charge < -0.3 is 10.4 Å². The molecule has 2 N–H and O–H groups in total. The van der Waals surface area contributed by atoms with Gasteiger partial charge in [0.1, 0.15) is 0 Å². The van der Waals surface area contributed by atoms with Crippen LogP contribution in [0.3, 0.4) is 0 Å². The molecule has 2 rings (SSSR count). The highest BCUT2D eigenvalue weighted by molar-refractivity contribution is 9.10. The lowest BCUT2D eigenvalue weighted by Crippen LogP contribution is -2.23. The highest BCUT2D eigenvalue weighted by Crippen LogP contribution is 2.26. The zero-order chi connectivity index (χ0) is 13.0. The van der Waals surface area contributed by atoms with Gasteiger partial charge in [-0.3, -0.25) is 0 Å². The smallest absolute Gasteiger partial charge is 0.337 e. The van der Waals surface area contributed by atoms with E-state index in [4.69, 9.17) is 5.11 Å². The molecular weight excluding hydrogens is 334 g/mol. The molecular formula is C12H14BrNO2S2. The van der Waals surface area contributed by atoms with E-state index in [1.54, 1.807) is 12.1 Å². The van der Waals surface area contributed by atoms with Gasteiger partial charge in [0.25, 0.3) is 0 Å². The largest absolute Gasteiger partial charge is 0.478 e. The number of carboxylic acid groups (broad SMARTS) is 1. The minimum absolute atomic E-state index is 0.326. The van der Waals surface area contributed by atoms with E-state index >= 15 is 0 Å². The number of carboxylic acids is 1. The topological polar surface area (TPSA) is 49.3 Å². The Bertz CT molecular complexity index is 436. The van der Waals surface area contributed by atoms with Crippen molar-refractivity contribution < 1.29 is 9.90 Å². The third-order valence-corrected chi connectivity index (χ3v) is 5.96. The summed E-state index contributed by atoms with van der Waals surface area (Å²) in [5.74, 6) is 2.64. The van der Waals surface area contributed by atoms with Crippen LogP contribution in [0.25, 0.3) is 0 Å². The van der Waals surface area contributed by atoms with Crippen LogP contribution in [0.5, 0.6) is 0 Å². The van der Waals surface area contributed by atoms with Gasteiger partial charge in [-0.05, 0) is 18.2 Å². The number of hydrogen-bond acceptors (Lipinski definition) is 4. The fourth-order valence-corrected chi connectivity index (χ4v) is 4.70. The highest BCUT2D eigenvalue weighted by Gasteiger charge is 2.16. The Morgan fingerprint density at radius 1 is 1.50 bits per heavy atom. The van der Waals surface area contributed by atoms with E-state index in [0.29, 0.717) is 16.5 Å². The molecule has 6 heteroatoms. The number of hydrogen-bond donors (Lipinski definition) is 2. The number of nitrogens with one attached hydrogen (secondary N) is 1. The Labute approximate surface area is 123 Å². The first kappa shape index (κ1) is 14.1. The Kier molecular flexibility index (Phi) is 5.26. The zero-order valence-electron chi connectivity index (χ0n) is 9.69. The number of aromatic carboxylic acids is 1. The molecule has 1 aromatic rings. The Hall–Kier alpha value is -0.330. The molecule has 0 saturated carbocycles. The summed E-state index contributed by atoms with van der Waals surface area (Å²) < 4.78 is 0.890. The molecule has 1 atom stereocenters. The lowest BCUT2D eigenvalue weighted by atomic mass is 10.2. The summed E-state index contributed by atoms with van der Waals surface area (Å²) in [5, 5.41) is 12.9. The number of rotatable bonds is 4. The van der Waals surface area contributed by atoms with Gasteiger partial charge in [-0.2, -0.15) is 23.5 Å². The molecule has 0 radical (unpaired) electrons. The molecule has 0 spiro atoms. The minimum Gasteiger partial charge on any atom is -0.478 e. The summed E-state index contributed by atoms with van der Waals surface area (Å²) in [6.07, 6.45) is 0. The molecule has 0 aromatic heterocycles. The number of thioether (sulfide) groups is 2. The first-order chi connectivity index (χ1) is 8.66. The fraction of sp³-hybridized carbons (Fsp3) is 0.417. The van der Waals surface area contributed by atoms with Crippen LogP contribution in [0.15, 0.2) is 22.7 Å². The SMILES string of the molecule is O=C(O)c1ccc(Br)cc1NCC1CSCCS1. The van der Waals surface area contributed by atoms with Crippen LogP contribution >= 0.6 is 39.5 Å². The molecule has 0 amide bonds. The predicted octanol–water partition coefficient (Wildman–Crippen LogP) is 3.41. The molecule has 1 aromatic carbocycles. The quantitative estimate of drug-likeness (QED) is 0.873. The van der Waals surface area contributed by atoms with Gasteiger partial charge in [0.15, 0.2) is 0 Å². The van der Waals surface area contributed by atoms with Crippen LogP contribution in [-0.2, 0) is 0 Å². The number of anilines is 1. The number of benzene rings is 1. The van der Waals surface area contributed by atoms with E-state index < -0.39 is 5.97 Å². The van der Waals surface area contributed by atoms with Crippen molar-refractivity contribution in [1.82, 2.24) is 0 Å². The lowest BCUT2D eigenvalue weighted by Gasteiger charge is -2.22. The first-order valence-electron chi connectivity index (χ1n) is 5.63. The van der Waals surface area contributed by atoms with Gasteiger partial charge in [0, 0.05) is 39.2 Å². The maximum Gasteiger partial charge on any atom is 0.337 e. The summed E-state index contributed by atoms with van der Waals surface area (Å²) in [4.78, 5) is 11.1. The maximum absolute atomic E-state index is 11.1. The normalized spacial score (nSPS) is 19.5. The molecule has 1 aliphatic rings. The van der Waals surface area contributed by atoms with Gasteiger partial charge >= 0.3 is 5.97 Å². The molecule has 1 unspecified atom stereocenters. The molecule has 0 aliphatic carbocycles. The third kappa shape index (κ3) is 3.83. The standard InChI is InChI=1S/C12H14BrNO2S2/c13-8-1-2-10(12(15)16)11(5-8)14-6-9-7-17-3-4-18-9/h1-2,5,9,14H,3-4,6-7H2,(H,15,16). The predicted molar refractivity (Wildman–Crippen MR) is 83.2 cm³/mol. The van der Waals surface area contributed by atoms with E-state index in [1.165, 1.54) is 11.5 Å². The van der Waals surface area contributed by atoms with Crippen molar-refractivity contribution in [3.63, 3.8) is 0 Å². The summed E-state index contributed by atoms with van der Waals surface area (Å²) in [5.41, 5.74) is 1.01. The zero-order valence-corrected chi connectivity index (χ0v) is 12.9. The van der Waals surface area contributed by atoms with Crippen molar-refractivity contribution in [2.45, 2.75) is 5.25 Å². The van der Waals surface area contributed by atoms with E-state index in [-0.39, 0.29) is 0 Å². The molecule has 18 heavy (non-hydrogen) atoms. The average Bonchev–Trinajstić information content (AvgIpc) is 2.37. The van der Waals surface area contributed by atoms with E-state index in [0.717, 1.165) is 16.8 Å². The van der Waals surface area contributed by atoms with Crippen LogP contribution in [-0.4, -0.2) is 40.1 Å². The van der Waals surface area contributed by atoms with Gasteiger partial charge in [-0.1, -0.05) is 15.9 Å². The van der Waals surface area contributed by atoms with Crippen LogP contribution in [0.4, 0.5) is 5.69 Å². The third-order valence-electron chi connectivity index (χ3n) is 2.62. The van der Waals surface area contributed by atoms with Crippen LogP contribution in [0.1, 0.15) is 10.4 Å². The monoisotopic (exact) mass is 347 g/mol. The Morgan fingerprint density at radius 3 is 3.00 bits per heavy atom. The first-order valence-corrected chi connectivity index (χ1v) is 8.62. The van der Waals surface area contributed by atoms with Crippen LogP contribution < -0.4 is 5.32 Å². The molecule has 98 valence electrons. The van der Waals surface area contributed by atoms with Gasteiger partial charge in [0.05, 0.1) is 5.56 Å². The molecule has 3 nitrogen and oxygen atoms in total. The van der Waals surface area contributed by atoms with Gasteiger partial charge in [0.2, 0.25) is 0 Å². The number of carbonyl (C=O) groups is 1. The van der Waals surface area contributed by atoms with Crippen molar-refractivity contribution in [3.05, 3.63) is 28.2 Å².